The van der Waals surface area contributed by atoms with Crippen LogP contribution in [-0.4, -0.2) is 0 Å². The van der Waals surface area contributed by atoms with Gasteiger partial charge in [0.1, 0.15) is 5.76 Å². The summed E-state index contributed by atoms with van der Waals surface area (Å²) in [7, 11) is 0. The first-order valence-electron chi connectivity index (χ1n) is 5.28. The van der Waals surface area contributed by atoms with Gasteiger partial charge in [0, 0.05) is 15.4 Å². The van der Waals surface area contributed by atoms with Crippen molar-refractivity contribution in [3.05, 3.63) is 53.0 Å². The molecule has 0 unspecified atom stereocenters. The SMILES string of the molecule is Nc1cccc2cc(-c3ccc(Br)cc3)oc12. The van der Waals surface area contributed by atoms with Crippen LogP contribution in [0.1, 0.15) is 0 Å². The summed E-state index contributed by atoms with van der Waals surface area (Å²) in [5, 5.41) is 1.03. The number of para-hydroxylation sites is 1. The molecule has 0 aliphatic heterocycles. The number of nitrogens with two attached hydrogens (primary N) is 1. The Morgan fingerprint density at radius 3 is 2.47 bits per heavy atom. The van der Waals surface area contributed by atoms with Crippen molar-refractivity contribution in [3.8, 4) is 11.3 Å². The van der Waals surface area contributed by atoms with Crippen LogP contribution in [0.4, 0.5) is 5.69 Å². The zero-order valence-electron chi connectivity index (χ0n) is 8.98. The maximum atomic E-state index is 5.87. The van der Waals surface area contributed by atoms with Gasteiger partial charge in [0.05, 0.1) is 5.69 Å². The molecule has 2 nitrogen and oxygen atoms in total. The van der Waals surface area contributed by atoms with Crippen molar-refractivity contribution in [2.75, 3.05) is 5.73 Å². The Morgan fingerprint density at radius 2 is 1.76 bits per heavy atom. The van der Waals surface area contributed by atoms with Crippen LogP contribution < -0.4 is 5.73 Å². The lowest BCUT2D eigenvalue weighted by Gasteiger charge is -1.96. The van der Waals surface area contributed by atoms with E-state index >= 15 is 0 Å². The van der Waals surface area contributed by atoms with Gasteiger partial charge < -0.3 is 10.2 Å². The fraction of sp³-hybridized carbons (Fsp3) is 0. The fourth-order valence-electron chi connectivity index (χ4n) is 1.84. The van der Waals surface area contributed by atoms with Crippen molar-refractivity contribution in [2.24, 2.45) is 0 Å². The molecular formula is C14H10BrNO. The lowest BCUT2D eigenvalue weighted by Crippen LogP contribution is -1.82. The Labute approximate surface area is 107 Å². The number of furan rings is 1. The average molecular weight is 288 g/mol. The molecule has 0 aliphatic carbocycles. The second-order valence-corrected chi connectivity index (χ2v) is 4.80. The van der Waals surface area contributed by atoms with Crippen LogP contribution >= 0.6 is 15.9 Å². The fourth-order valence-corrected chi connectivity index (χ4v) is 2.11. The molecule has 17 heavy (non-hydrogen) atoms. The van der Waals surface area contributed by atoms with Crippen LogP contribution in [-0.2, 0) is 0 Å². The number of rotatable bonds is 1. The van der Waals surface area contributed by atoms with Gasteiger partial charge in [-0.2, -0.15) is 0 Å². The lowest BCUT2D eigenvalue weighted by atomic mass is 10.1. The molecule has 0 saturated heterocycles. The minimum atomic E-state index is 0.672. The largest absolute Gasteiger partial charge is 0.454 e. The summed E-state index contributed by atoms with van der Waals surface area (Å²) in [6.45, 7) is 0. The summed E-state index contributed by atoms with van der Waals surface area (Å²) in [6, 6.07) is 15.8. The molecule has 3 rings (SSSR count). The molecule has 0 saturated carbocycles. The third-order valence-electron chi connectivity index (χ3n) is 2.70. The van der Waals surface area contributed by atoms with Gasteiger partial charge >= 0.3 is 0 Å². The van der Waals surface area contributed by atoms with E-state index in [-0.39, 0.29) is 0 Å². The Kier molecular flexibility index (Phi) is 2.41. The highest BCUT2D eigenvalue weighted by Crippen LogP contribution is 2.31. The zero-order chi connectivity index (χ0) is 11.8. The molecule has 0 spiro atoms. The summed E-state index contributed by atoms with van der Waals surface area (Å²) < 4.78 is 6.84. The standard InChI is InChI=1S/C14H10BrNO/c15-11-6-4-9(5-7-11)13-8-10-2-1-3-12(16)14(10)17-13/h1-8H,16H2. The monoisotopic (exact) mass is 287 g/mol. The second kappa shape index (κ2) is 3.93. The number of nitrogen functional groups attached to an aromatic ring is 1. The molecule has 0 radical (unpaired) electrons. The normalized spacial score (nSPS) is 10.9. The van der Waals surface area contributed by atoms with E-state index in [1.165, 1.54) is 0 Å². The molecule has 1 heterocycles. The Bertz CT molecular complexity index is 670. The van der Waals surface area contributed by atoms with Crippen LogP contribution in [0.25, 0.3) is 22.3 Å². The third-order valence-corrected chi connectivity index (χ3v) is 3.23. The Morgan fingerprint density at radius 1 is 1.00 bits per heavy atom. The van der Waals surface area contributed by atoms with Crippen molar-refractivity contribution >= 4 is 32.6 Å². The van der Waals surface area contributed by atoms with Gasteiger partial charge in [0.15, 0.2) is 5.58 Å². The summed E-state index contributed by atoms with van der Waals surface area (Å²) >= 11 is 3.41. The summed E-state index contributed by atoms with van der Waals surface area (Å²) in [5.41, 5.74) is 8.34. The molecule has 3 aromatic rings. The van der Waals surface area contributed by atoms with Gasteiger partial charge in [-0.15, -0.1) is 0 Å². The number of anilines is 1. The van der Waals surface area contributed by atoms with Gasteiger partial charge in [-0.25, -0.2) is 0 Å². The topological polar surface area (TPSA) is 39.2 Å². The first-order valence-corrected chi connectivity index (χ1v) is 6.07. The Hall–Kier alpha value is -1.74. The third kappa shape index (κ3) is 1.83. The highest BCUT2D eigenvalue weighted by atomic mass is 79.9. The minimum Gasteiger partial charge on any atom is -0.454 e. The van der Waals surface area contributed by atoms with E-state index in [0.29, 0.717) is 5.69 Å². The molecule has 0 amide bonds. The van der Waals surface area contributed by atoms with Crippen molar-refractivity contribution in [2.45, 2.75) is 0 Å². The van der Waals surface area contributed by atoms with Crippen LogP contribution in [0.15, 0.2) is 57.4 Å². The Balaban J connectivity index is 2.18. The smallest absolute Gasteiger partial charge is 0.157 e. The number of hydrogen-bond acceptors (Lipinski definition) is 2. The average Bonchev–Trinajstić information content (AvgIpc) is 2.75. The molecule has 3 heteroatoms. The van der Waals surface area contributed by atoms with Crippen molar-refractivity contribution < 1.29 is 4.42 Å². The molecule has 0 atom stereocenters. The van der Waals surface area contributed by atoms with Crippen molar-refractivity contribution in [1.29, 1.82) is 0 Å². The van der Waals surface area contributed by atoms with E-state index < -0.39 is 0 Å². The van der Waals surface area contributed by atoms with Gasteiger partial charge in [-0.1, -0.05) is 40.2 Å². The van der Waals surface area contributed by atoms with Gasteiger partial charge in [0.25, 0.3) is 0 Å². The molecule has 1 aromatic heterocycles. The van der Waals surface area contributed by atoms with Gasteiger partial charge in [-0.05, 0) is 24.3 Å². The highest BCUT2D eigenvalue weighted by molar-refractivity contribution is 9.10. The van der Waals surface area contributed by atoms with Crippen LogP contribution in [0, 0.1) is 0 Å². The van der Waals surface area contributed by atoms with Crippen molar-refractivity contribution in [3.63, 3.8) is 0 Å². The van der Waals surface area contributed by atoms with E-state index in [4.69, 9.17) is 10.2 Å². The quantitative estimate of drug-likeness (QED) is 0.672. The zero-order valence-corrected chi connectivity index (χ0v) is 10.6. The lowest BCUT2D eigenvalue weighted by molar-refractivity contribution is 0.633. The number of hydrogen-bond donors (Lipinski definition) is 1. The van der Waals surface area contributed by atoms with Crippen LogP contribution in [0.5, 0.6) is 0 Å². The van der Waals surface area contributed by atoms with E-state index in [2.05, 4.69) is 15.9 Å². The van der Waals surface area contributed by atoms with Crippen molar-refractivity contribution in [1.82, 2.24) is 0 Å². The number of benzene rings is 2. The molecule has 0 fully saturated rings. The maximum Gasteiger partial charge on any atom is 0.157 e. The van der Waals surface area contributed by atoms with E-state index in [1.54, 1.807) is 0 Å². The predicted octanol–water partition coefficient (Wildman–Crippen LogP) is 4.44. The molecule has 2 N–H and O–H groups in total. The number of halogens is 1. The highest BCUT2D eigenvalue weighted by Gasteiger charge is 2.07. The summed E-state index contributed by atoms with van der Waals surface area (Å²) in [4.78, 5) is 0. The first-order chi connectivity index (χ1) is 8.24. The van der Waals surface area contributed by atoms with E-state index in [0.717, 1.165) is 26.8 Å². The van der Waals surface area contributed by atoms with Crippen LogP contribution in [0.3, 0.4) is 0 Å². The number of fused-ring (bicyclic) bond motifs is 1. The summed E-state index contributed by atoms with van der Waals surface area (Å²) in [6.07, 6.45) is 0. The van der Waals surface area contributed by atoms with Crippen LogP contribution in [0.2, 0.25) is 0 Å². The molecule has 0 bridgehead atoms. The second-order valence-electron chi connectivity index (χ2n) is 3.88. The maximum absolute atomic E-state index is 5.87. The van der Waals surface area contributed by atoms with Gasteiger partial charge in [0.2, 0.25) is 0 Å². The molecule has 0 aliphatic rings. The van der Waals surface area contributed by atoms with Gasteiger partial charge in [-0.3, -0.25) is 0 Å². The minimum absolute atomic E-state index is 0.672. The van der Waals surface area contributed by atoms with E-state index in [1.807, 2.05) is 48.5 Å². The predicted molar refractivity (Wildman–Crippen MR) is 73.8 cm³/mol. The molecular weight excluding hydrogens is 278 g/mol. The first kappa shape index (κ1) is 10.4. The molecule has 84 valence electrons. The molecule has 2 aromatic carbocycles. The summed E-state index contributed by atoms with van der Waals surface area (Å²) in [5.74, 6) is 0.838. The van der Waals surface area contributed by atoms with E-state index in [9.17, 15) is 0 Å².